The molecule has 0 radical (unpaired) electrons. The van der Waals surface area contributed by atoms with Gasteiger partial charge in [0.05, 0.1) is 18.4 Å². The van der Waals surface area contributed by atoms with E-state index in [4.69, 9.17) is 0 Å². The maximum Gasteiger partial charge on any atom is 0.276 e. The van der Waals surface area contributed by atoms with E-state index in [2.05, 4.69) is 15.6 Å². The zero-order valence-electron chi connectivity index (χ0n) is 11.7. The number of carbonyl (C=O) groups excluding carboxylic acids is 2. The Morgan fingerprint density at radius 3 is 2.43 bits per heavy atom. The van der Waals surface area contributed by atoms with Crippen molar-refractivity contribution in [2.24, 2.45) is 5.92 Å². The lowest BCUT2D eigenvalue weighted by Gasteiger charge is -2.12. The van der Waals surface area contributed by atoms with Crippen LogP contribution in [-0.4, -0.2) is 18.9 Å². The lowest BCUT2D eigenvalue weighted by Crippen LogP contribution is -2.24. The Balaban J connectivity index is 2.02. The van der Waals surface area contributed by atoms with E-state index in [0.29, 0.717) is 11.3 Å². The molecule has 0 spiro atoms. The van der Waals surface area contributed by atoms with Gasteiger partial charge in [-0.15, -0.1) is 0 Å². The molecule has 0 bridgehead atoms. The first kappa shape index (κ1) is 13.6. The molecule has 0 aromatic heterocycles. The number of carbonyl (C=O) groups is 2. The fourth-order valence-corrected chi connectivity index (χ4v) is 2.26. The molecular formula is C16H16N2O3. The van der Waals surface area contributed by atoms with Gasteiger partial charge in [-0.05, 0) is 35.7 Å². The van der Waals surface area contributed by atoms with Crippen molar-refractivity contribution in [2.45, 2.75) is 12.8 Å². The molecule has 2 aromatic rings. The molecule has 2 aromatic carbocycles. The van der Waals surface area contributed by atoms with E-state index in [0.717, 1.165) is 23.6 Å². The van der Waals surface area contributed by atoms with E-state index in [-0.39, 0.29) is 17.7 Å². The van der Waals surface area contributed by atoms with Crippen LogP contribution in [0, 0.1) is 5.92 Å². The van der Waals surface area contributed by atoms with Crippen molar-refractivity contribution in [3.05, 3.63) is 42.0 Å². The van der Waals surface area contributed by atoms with Crippen molar-refractivity contribution in [1.29, 1.82) is 0 Å². The third-order valence-corrected chi connectivity index (χ3v) is 3.53. The number of benzene rings is 2. The molecule has 0 atom stereocenters. The fraction of sp³-hybridized carbons (Fsp3) is 0.250. The van der Waals surface area contributed by atoms with Crippen LogP contribution >= 0.6 is 0 Å². The second-order valence-electron chi connectivity index (χ2n) is 5.14. The van der Waals surface area contributed by atoms with Gasteiger partial charge in [0, 0.05) is 5.92 Å². The van der Waals surface area contributed by atoms with Crippen molar-refractivity contribution in [3.8, 4) is 0 Å². The molecular weight excluding hydrogens is 268 g/mol. The summed E-state index contributed by atoms with van der Waals surface area (Å²) in [6, 6.07) is 11.3. The predicted octanol–water partition coefficient (Wildman–Crippen LogP) is 2.48. The van der Waals surface area contributed by atoms with Crippen molar-refractivity contribution in [2.75, 3.05) is 12.4 Å². The number of hydrogen-bond acceptors (Lipinski definition) is 3. The quantitative estimate of drug-likeness (QED) is 0.848. The van der Waals surface area contributed by atoms with Crippen molar-refractivity contribution in [3.63, 3.8) is 0 Å². The van der Waals surface area contributed by atoms with Gasteiger partial charge in [-0.1, -0.05) is 24.3 Å². The average Bonchev–Trinajstić information content (AvgIpc) is 3.31. The smallest absolute Gasteiger partial charge is 0.276 e. The van der Waals surface area contributed by atoms with Crippen molar-refractivity contribution < 1.29 is 14.4 Å². The van der Waals surface area contributed by atoms with Crippen LogP contribution in [0.4, 0.5) is 5.69 Å². The normalized spacial score (nSPS) is 14.0. The molecule has 5 heteroatoms. The number of hydrogen-bond donors (Lipinski definition) is 2. The molecule has 21 heavy (non-hydrogen) atoms. The highest BCUT2D eigenvalue weighted by Gasteiger charge is 2.30. The van der Waals surface area contributed by atoms with E-state index in [9.17, 15) is 9.59 Å². The average molecular weight is 284 g/mol. The molecule has 1 aliphatic rings. The standard InChI is InChI=1S/C16H16N2O3/c1-21-18-16(20)13-8-11-4-2-3-5-12(11)9-14(13)17-15(19)10-6-7-10/h2-5,8-10H,6-7H2,1H3,(H,17,19)(H,18,20). The summed E-state index contributed by atoms with van der Waals surface area (Å²) in [5.74, 6) is -0.332. The van der Waals surface area contributed by atoms with E-state index in [1.807, 2.05) is 30.3 Å². The molecule has 2 N–H and O–H groups in total. The van der Waals surface area contributed by atoms with Crippen molar-refractivity contribution in [1.82, 2.24) is 5.48 Å². The molecule has 1 fully saturated rings. The van der Waals surface area contributed by atoms with Crippen LogP contribution < -0.4 is 10.8 Å². The van der Waals surface area contributed by atoms with Gasteiger partial charge in [0.25, 0.3) is 5.91 Å². The van der Waals surface area contributed by atoms with Gasteiger partial charge < -0.3 is 5.32 Å². The van der Waals surface area contributed by atoms with Gasteiger partial charge in [0.1, 0.15) is 0 Å². The highest BCUT2D eigenvalue weighted by molar-refractivity contribution is 6.08. The molecule has 0 saturated heterocycles. The van der Waals surface area contributed by atoms with Gasteiger partial charge >= 0.3 is 0 Å². The van der Waals surface area contributed by atoms with E-state index < -0.39 is 0 Å². The molecule has 1 aliphatic carbocycles. The Labute approximate surface area is 122 Å². The summed E-state index contributed by atoms with van der Waals surface area (Å²) >= 11 is 0. The third-order valence-electron chi connectivity index (χ3n) is 3.53. The molecule has 2 amide bonds. The van der Waals surface area contributed by atoms with E-state index in [1.165, 1.54) is 7.11 Å². The highest BCUT2D eigenvalue weighted by atomic mass is 16.6. The van der Waals surface area contributed by atoms with E-state index in [1.54, 1.807) is 6.07 Å². The Morgan fingerprint density at radius 1 is 1.14 bits per heavy atom. The minimum atomic E-state index is -0.380. The van der Waals surface area contributed by atoms with E-state index >= 15 is 0 Å². The van der Waals surface area contributed by atoms with Crippen LogP contribution in [0.2, 0.25) is 0 Å². The van der Waals surface area contributed by atoms with Crippen LogP contribution in [0.15, 0.2) is 36.4 Å². The zero-order valence-corrected chi connectivity index (χ0v) is 11.7. The summed E-state index contributed by atoms with van der Waals surface area (Å²) in [7, 11) is 1.38. The van der Waals surface area contributed by atoms with Gasteiger partial charge in [-0.2, -0.15) is 0 Å². The predicted molar refractivity (Wildman–Crippen MR) is 79.8 cm³/mol. The first-order chi connectivity index (χ1) is 10.2. The number of fused-ring (bicyclic) bond motifs is 1. The topological polar surface area (TPSA) is 67.4 Å². The second kappa shape index (κ2) is 5.54. The largest absolute Gasteiger partial charge is 0.325 e. The van der Waals surface area contributed by atoms with Gasteiger partial charge in [-0.25, -0.2) is 5.48 Å². The van der Waals surface area contributed by atoms with Crippen LogP contribution in [-0.2, 0) is 9.63 Å². The maximum atomic E-state index is 12.1. The minimum absolute atomic E-state index is 0.0308. The van der Waals surface area contributed by atoms with Gasteiger partial charge in [0.15, 0.2) is 0 Å². The molecule has 1 saturated carbocycles. The summed E-state index contributed by atoms with van der Waals surface area (Å²) in [5.41, 5.74) is 3.20. The Hall–Kier alpha value is -2.40. The number of hydroxylamine groups is 1. The summed E-state index contributed by atoms with van der Waals surface area (Å²) in [6.07, 6.45) is 1.83. The first-order valence-corrected chi connectivity index (χ1v) is 6.86. The van der Waals surface area contributed by atoms with Crippen LogP contribution in [0.5, 0.6) is 0 Å². The lowest BCUT2D eigenvalue weighted by atomic mass is 10.0. The molecule has 108 valence electrons. The molecule has 3 rings (SSSR count). The number of nitrogens with one attached hydrogen (secondary N) is 2. The van der Waals surface area contributed by atoms with Gasteiger partial charge in [0.2, 0.25) is 5.91 Å². The zero-order chi connectivity index (χ0) is 14.8. The third kappa shape index (κ3) is 2.87. The van der Waals surface area contributed by atoms with Crippen LogP contribution in [0.3, 0.4) is 0 Å². The van der Waals surface area contributed by atoms with Gasteiger partial charge in [-0.3, -0.25) is 14.4 Å². The second-order valence-corrected chi connectivity index (χ2v) is 5.14. The highest BCUT2D eigenvalue weighted by Crippen LogP contribution is 2.31. The molecule has 0 unspecified atom stereocenters. The van der Waals surface area contributed by atoms with Crippen LogP contribution in [0.1, 0.15) is 23.2 Å². The minimum Gasteiger partial charge on any atom is -0.325 e. The van der Waals surface area contributed by atoms with Crippen molar-refractivity contribution >= 4 is 28.3 Å². The number of amides is 2. The summed E-state index contributed by atoms with van der Waals surface area (Å²) in [6.45, 7) is 0. The lowest BCUT2D eigenvalue weighted by molar-refractivity contribution is -0.117. The summed E-state index contributed by atoms with van der Waals surface area (Å²) < 4.78 is 0. The van der Waals surface area contributed by atoms with Crippen LogP contribution in [0.25, 0.3) is 10.8 Å². The summed E-state index contributed by atoms with van der Waals surface area (Å²) in [4.78, 5) is 28.7. The Kier molecular flexibility index (Phi) is 3.58. The molecule has 0 aliphatic heterocycles. The number of anilines is 1. The monoisotopic (exact) mass is 284 g/mol. The Morgan fingerprint density at radius 2 is 1.81 bits per heavy atom. The summed E-state index contributed by atoms with van der Waals surface area (Å²) in [5, 5.41) is 4.75. The SMILES string of the molecule is CONC(=O)c1cc2ccccc2cc1NC(=O)C1CC1. The molecule has 0 heterocycles. The Bertz CT molecular complexity index is 708. The number of rotatable bonds is 4. The fourth-order valence-electron chi connectivity index (χ4n) is 2.26. The molecule has 5 nitrogen and oxygen atoms in total. The first-order valence-electron chi connectivity index (χ1n) is 6.86. The maximum absolute atomic E-state index is 12.1.